The average molecular weight is 262 g/mol. The summed E-state index contributed by atoms with van der Waals surface area (Å²) in [5.74, 6) is 0. The third-order valence-electron chi connectivity index (χ3n) is 2.19. The van der Waals surface area contributed by atoms with Gasteiger partial charge in [0.2, 0.25) is 0 Å². The molecule has 0 aliphatic heterocycles. The summed E-state index contributed by atoms with van der Waals surface area (Å²) in [5.41, 5.74) is 1.08. The Bertz CT molecular complexity index is 354. The second-order valence-corrected chi connectivity index (χ2v) is 4.26. The number of carbonyl (C=O) groups is 1. The summed E-state index contributed by atoms with van der Waals surface area (Å²) >= 11 is 11.9. The smallest absolute Gasteiger partial charge is 0.290 e. The molecule has 0 atom stereocenters. The van der Waals surface area contributed by atoms with Gasteiger partial charge in [0.1, 0.15) is 0 Å². The zero-order chi connectivity index (χ0) is 12.0. The molecule has 88 valence electrons. The van der Waals surface area contributed by atoms with Crippen LogP contribution in [-0.2, 0) is 11.3 Å². The van der Waals surface area contributed by atoms with Gasteiger partial charge in [0.15, 0.2) is 0 Å². The van der Waals surface area contributed by atoms with Crippen molar-refractivity contribution in [1.29, 1.82) is 0 Å². The van der Waals surface area contributed by atoms with E-state index in [2.05, 4.69) is 5.32 Å². The topological polar surface area (TPSA) is 49.3 Å². The highest BCUT2D eigenvalue weighted by Crippen LogP contribution is 2.26. The first-order valence-electron chi connectivity index (χ1n) is 4.93. The Morgan fingerprint density at radius 3 is 2.62 bits per heavy atom. The predicted molar refractivity (Wildman–Crippen MR) is 65.0 cm³/mol. The van der Waals surface area contributed by atoms with Gasteiger partial charge in [-0.25, -0.2) is 0 Å². The second kappa shape index (κ2) is 6.74. The molecule has 1 aliphatic carbocycles. The van der Waals surface area contributed by atoms with Crippen molar-refractivity contribution in [2.75, 3.05) is 0 Å². The number of nitrogens with one attached hydrogen (secondary N) is 1. The summed E-state index contributed by atoms with van der Waals surface area (Å²) in [4.78, 5) is 8.36. The SMILES string of the molecule is Clc1cccc(CNC2CC2)c1Cl.O=CO. The van der Waals surface area contributed by atoms with Gasteiger partial charge in [0.25, 0.3) is 6.47 Å². The van der Waals surface area contributed by atoms with Crippen molar-refractivity contribution in [3.63, 3.8) is 0 Å². The molecule has 0 amide bonds. The normalized spacial score (nSPS) is 13.9. The van der Waals surface area contributed by atoms with E-state index in [9.17, 15) is 0 Å². The second-order valence-electron chi connectivity index (χ2n) is 3.47. The Balaban J connectivity index is 0.000000386. The molecule has 0 saturated heterocycles. The maximum absolute atomic E-state index is 8.36. The third-order valence-corrected chi connectivity index (χ3v) is 3.05. The Hall–Kier alpha value is -0.770. The van der Waals surface area contributed by atoms with Crippen LogP contribution in [0.15, 0.2) is 18.2 Å². The number of hydrogen-bond donors (Lipinski definition) is 2. The fourth-order valence-electron chi connectivity index (χ4n) is 1.23. The molecule has 0 aromatic heterocycles. The van der Waals surface area contributed by atoms with Crippen LogP contribution in [0.4, 0.5) is 0 Å². The fraction of sp³-hybridized carbons (Fsp3) is 0.364. The van der Waals surface area contributed by atoms with E-state index in [1.54, 1.807) is 0 Å². The summed E-state index contributed by atoms with van der Waals surface area (Å²) in [6.45, 7) is 0.573. The zero-order valence-electron chi connectivity index (χ0n) is 8.62. The van der Waals surface area contributed by atoms with E-state index in [1.807, 2.05) is 18.2 Å². The van der Waals surface area contributed by atoms with Gasteiger partial charge >= 0.3 is 0 Å². The molecule has 0 heterocycles. The van der Waals surface area contributed by atoms with Gasteiger partial charge in [-0.2, -0.15) is 0 Å². The Morgan fingerprint density at radius 1 is 1.44 bits per heavy atom. The van der Waals surface area contributed by atoms with Gasteiger partial charge in [0, 0.05) is 12.6 Å². The molecule has 2 N–H and O–H groups in total. The van der Waals surface area contributed by atoms with E-state index >= 15 is 0 Å². The van der Waals surface area contributed by atoms with Crippen LogP contribution in [0.25, 0.3) is 0 Å². The lowest BCUT2D eigenvalue weighted by atomic mass is 10.2. The van der Waals surface area contributed by atoms with Crippen molar-refractivity contribution < 1.29 is 9.90 Å². The number of carboxylic acid groups (broad SMARTS) is 1. The van der Waals surface area contributed by atoms with E-state index in [1.165, 1.54) is 12.8 Å². The van der Waals surface area contributed by atoms with Gasteiger partial charge < -0.3 is 10.4 Å². The predicted octanol–water partition coefficient (Wildman–Crippen LogP) is 2.95. The van der Waals surface area contributed by atoms with Crippen LogP contribution < -0.4 is 5.32 Å². The number of halogens is 2. The minimum absolute atomic E-state index is 0.250. The van der Waals surface area contributed by atoms with Crippen LogP contribution >= 0.6 is 23.2 Å². The van der Waals surface area contributed by atoms with Crippen molar-refractivity contribution in [2.24, 2.45) is 0 Å². The molecule has 1 fully saturated rings. The highest BCUT2D eigenvalue weighted by molar-refractivity contribution is 6.42. The molecule has 5 heteroatoms. The number of benzene rings is 1. The molecule has 0 bridgehead atoms. The van der Waals surface area contributed by atoms with Crippen molar-refractivity contribution >= 4 is 29.7 Å². The standard InChI is InChI=1S/C10H11Cl2N.CH2O2/c11-9-3-1-2-7(10(9)12)6-13-8-4-5-8;2-1-3/h1-3,8,13H,4-6H2;1H,(H,2,3). The summed E-state index contributed by atoms with van der Waals surface area (Å²) in [6, 6.07) is 6.45. The van der Waals surface area contributed by atoms with Crippen LogP contribution in [0.5, 0.6) is 0 Å². The third kappa shape index (κ3) is 4.39. The number of rotatable bonds is 3. The first-order valence-corrected chi connectivity index (χ1v) is 5.68. The van der Waals surface area contributed by atoms with Gasteiger partial charge in [-0.05, 0) is 24.5 Å². The van der Waals surface area contributed by atoms with Crippen LogP contribution in [-0.4, -0.2) is 17.6 Å². The molecular formula is C11H13Cl2NO2. The van der Waals surface area contributed by atoms with Gasteiger partial charge in [-0.3, -0.25) is 4.79 Å². The Kier molecular flexibility index (Phi) is 5.60. The lowest BCUT2D eigenvalue weighted by Crippen LogP contribution is -2.15. The van der Waals surface area contributed by atoms with E-state index in [0.717, 1.165) is 12.1 Å². The highest BCUT2D eigenvalue weighted by atomic mass is 35.5. The van der Waals surface area contributed by atoms with Crippen molar-refractivity contribution in [2.45, 2.75) is 25.4 Å². The van der Waals surface area contributed by atoms with Crippen LogP contribution in [0.2, 0.25) is 10.0 Å². The summed E-state index contributed by atoms with van der Waals surface area (Å²) in [7, 11) is 0. The van der Waals surface area contributed by atoms with E-state index in [-0.39, 0.29) is 6.47 Å². The van der Waals surface area contributed by atoms with Gasteiger partial charge in [-0.1, -0.05) is 35.3 Å². The lowest BCUT2D eigenvalue weighted by Gasteiger charge is -2.06. The number of hydrogen-bond acceptors (Lipinski definition) is 2. The fourth-order valence-corrected chi connectivity index (χ4v) is 1.61. The molecule has 0 unspecified atom stereocenters. The van der Waals surface area contributed by atoms with Gasteiger partial charge in [0.05, 0.1) is 10.0 Å². The minimum atomic E-state index is -0.250. The molecule has 1 aromatic rings. The minimum Gasteiger partial charge on any atom is -0.483 e. The van der Waals surface area contributed by atoms with Crippen LogP contribution in [0.3, 0.4) is 0 Å². The molecule has 1 aromatic carbocycles. The van der Waals surface area contributed by atoms with E-state index in [0.29, 0.717) is 16.1 Å². The quantitative estimate of drug-likeness (QED) is 0.823. The first kappa shape index (κ1) is 13.3. The molecular weight excluding hydrogens is 249 g/mol. The largest absolute Gasteiger partial charge is 0.483 e. The zero-order valence-corrected chi connectivity index (χ0v) is 10.1. The molecule has 16 heavy (non-hydrogen) atoms. The maximum Gasteiger partial charge on any atom is 0.290 e. The van der Waals surface area contributed by atoms with E-state index in [4.69, 9.17) is 33.1 Å². The first-order chi connectivity index (χ1) is 7.69. The van der Waals surface area contributed by atoms with E-state index < -0.39 is 0 Å². The molecule has 0 spiro atoms. The summed E-state index contributed by atoms with van der Waals surface area (Å²) < 4.78 is 0. The molecule has 0 radical (unpaired) electrons. The average Bonchev–Trinajstić information content (AvgIpc) is 3.05. The van der Waals surface area contributed by atoms with Crippen LogP contribution in [0.1, 0.15) is 18.4 Å². The highest BCUT2D eigenvalue weighted by Gasteiger charge is 2.20. The summed E-state index contributed by atoms with van der Waals surface area (Å²) in [6.07, 6.45) is 2.58. The molecule has 2 rings (SSSR count). The monoisotopic (exact) mass is 261 g/mol. The molecule has 1 aliphatic rings. The van der Waals surface area contributed by atoms with Crippen LogP contribution in [0, 0.1) is 0 Å². The Morgan fingerprint density at radius 2 is 2.06 bits per heavy atom. The van der Waals surface area contributed by atoms with Crippen molar-refractivity contribution in [1.82, 2.24) is 5.32 Å². The van der Waals surface area contributed by atoms with Crippen molar-refractivity contribution in [3.05, 3.63) is 33.8 Å². The maximum atomic E-state index is 8.36. The summed E-state index contributed by atoms with van der Waals surface area (Å²) in [5, 5.41) is 11.6. The van der Waals surface area contributed by atoms with Gasteiger partial charge in [-0.15, -0.1) is 0 Å². The Labute approximate surface area is 104 Å². The molecule has 3 nitrogen and oxygen atoms in total. The lowest BCUT2D eigenvalue weighted by molar-refractivity contribution is -0.122. The van der Waals surface area contributed by atoms with Crippen molar-refractivity contribution in [3.8, 4) is 0 Å². The molecule has 1 saturated carbocycles.